The molecule has 0 saturated heterocycles. The molecular formula is C15H8Br2ClNO. The Labute approximate surface area is 137 Å². The van der Waals surface area contributed by atoms with Crippen LogP contribution >= 0.6 is 43.5 Å². The smallest absolute Gasteiger partial charge is 0.196 e. The van der Waals surface area contributed by atoms with Crippen molar-refractivity contribution < 1.29 is 4.79 Å². The van der Waals surface area contributed by atoms with Gasteiger partial charge in [0.2, 0.25) is 0 Å². The molecule has 0 radical (unpaired) electrons. The Balaban J connectivity index is 2.15. The molecule has 5 heteroatoms. The van der Waals surface area contributed by atoms with E-state index in [4.69, 9.17) is 11.6 Å². The number of hydrogen-bond donors (Lipinski definition) is 1. The van der Waals surface area contributed by atoms with E-state index in [-0.39, 0.29) is 5.78 Å². The van der Waals surface area contributed by atoms with Gasteiger partial charge in [-0.1, -0.05) is 43.5 Å². The highest BCUT2D eigenvalue weighted by atomic mass is 79.9. The van der Waals surface area contributed by atoms with Gasteiger partial charge in [-0.05, 0) is 36.4 Å². The number of aromatic amines is 1. The molecule has 0 amide bonds. The molecule has 0 atom stereocenters. The van der Waals surface area contributed by atoms with Gasteiger partial charge in [-0.2, -0.15) is 0 Å². The summed E-state index contributed by atoms with van der Waals surface area (Å²) >= 11 is 12.9. The summed E-state index contributed by atoms with van der Waals surface area (Å²) in [6.07, 6.45) is 1.72. The van der Waals surface area contributed by atoms with Crippen molar-refractivity contribution in [2.75, 3.05) is 0 Å². The van der Waals surface area contributed by atoms with Gasteiger partial charge in [0.25, 0.3) is 0 Å². The van der Waals surface area contributed by atoms with Crippen molar-refractivity contribution in [1.29, 1.82) is 0 Å². The summed E-state index contributed by atoms with van der Waals surface area (Å²) in [6.45, 7) is 0. The van der Waals surface area contributed by atoms with Gasteiger partial charge in [-0.15, -0.1) is 0 Å². The van der Waals surface area contributed by atoms with Crippen LogP contribution in [-0.4, -0.2) is 10.8 Å². The highest BCUT2D eigenvalue weighted by Gasteiger charge is 2.17. The van der Waals surface area contributed by atoms with Crippen molar-refractivity contribution in [2.45, 2.75) is 0 Å². The molecule has 0 bridgehead atoms. The Hall–Kier alpha value is -1.10. The molecule has 2 aromatic carbocycles. The average molecular weight is 413 g/mol. The molecule has 0 spiro atoms. The van der Waals surface area contributed by atoms with Crippen molar-refractivity contribution in [2.24, 2.45) is 0 Å². The van der Waals surface area contributed by atoms with E-state index in [0.29, 0.717) is 16.1 Å². The van der Waals surface area contributed by atoms with Crippen molar-refractivity contribution in [3.8, 4) is 0 Å². The van der Waals surface area contributed by atoms with Gasteiger partial charge in [0.05, 0.1) is 5.02 Å². The van der Waals surface area contributed by atoms with E-state index in [1.165, 1.54) is 0 Å². The number of rotatable bonds is 2. The summed E-state index contributed by atoms with van der Waals surface area (Å²) in [5.41, 5.74) is 2.03. The molecule has 0 aliphatic carbocycles. The van der Waals surface area contributed by atoms with Crippen LogP contribution in [0.25, 0.3) is 10.9 Å². The Morgan fingerprint density at radius 3 is 2.45 bits per heavy atom. The molecule has 20 heavy (non-hydrogen) atoms. The van der Waals surface area contributed by atoms with Crippen molar-refractivity contribution in [3.05, 3.63) is 67.7 Å². The van der Waals surface area contributed by atoms with E-state index in [0.717, 1.165) is 19.8 Å². The molecular weight excluding hydrogens is 405 g/mol. The summed E-state index contributed by atoms with van der Waals surface area (Å²) in [5, 5.41) is 1.32. The summed E-state index contributed by atoms with van der Waals surface area (Å²) < 4.78 is 1.78. The predicted molar refractivity (Wildman–Crippen MR) is 88.6 cm³/mol. The van der Waals surface area contributed by atoms with Crippen LogP contribution in [0.1, 0.15) is 15.9 Å². The quantitative estimate of drug-likeness (QED) is 0.547. The van der Waals surface area contributed by atoms with Gasteiger partial charge in [0, 0.05) is 37.2 Å². The summed E-state index contributed by atoms with van der Waals surface area (Å²) in [6, 6.07) is 11.0. The monoisotopic (exact) mass is 411 g/mol. The Morgan fingerprint density at radius 2 is 1.70 bits per heavy atom. The SMILES string of the molecule is O=C(c1ccc(Br)cc1Cl)c1c[nH]c2ccc(Br)cc12. The van der Waals surface area contributed by atoms with Crippen LogP contribution in [0.15, 0.2) is 51.5 Å². The number of nitrogens with one attached hydrogen (secondary N) is 1. The van der Waals surface area contributed by atoms with Gasteiger partial charge in [-0.3, -0.25) is 4.79 Å². The molecule has 100 valence electrons. The molecule has 3 rings (SSSR count). The number of fused-ring (bicyclic) bond motifs is 1. The third kappa shape index (κ3) is 2.43. The third-order valence-corrected chi connectivity index (χ3v) is 4.36. The number of ketones is 1. The lowest BCUT2D eigenvalue weighted by molar-refractivity contribution is 0.104. The van der Waals surface area contributed by atoms with E-state index in [1.54, 1.807) is 18.3 Å². The molecule has 0 aliphatic rings. The second kappa shape index (κ2) is 5.35. The van der Waals surface area contributed by atoms with Crippen molar-refractivity contribution in [3.63, 3.8) is 0 Å². The zero-order valence-corrected chi connectivity index (χ0v) is 14.0. The molecule has 0 fully saturated rings. The average Bonchev–Trinajstić information content (AvgIpc) is 2.81. The standard InChI is InChI=1S/C15H8Br2ClNO/c16-8-2-4-14-11(5-8)12(7-19-14)15(20)10-3-1-9(17)6-13(10)18/h1-7,19H. The lowest BCUT2D eigenvalue weighted by Gasteiger charge is -2.03. The van der Waals surface area contributed by atoms with Crippen LogP contribution in [-0.2, 0) is 0 Å². The normalized spacial score (nSPS) is 10.9. The highest BCUT2D eigenvalue weighted by Crippen LogP contribution is 2.28. The number of H-pyrrole nitrogens is 1. The topological polar surface area (TPSA) is 32.9 Å². The maximum Gasteiger partial charge on any atom is 0.196 e. The number of halogens is 3. The van der Waals surface area contributed by atoms with Crippen LogP contribution in [0.2, 0.25) is 5.02 Å². The lowest BCUT2D eigenvalue weighted by Crippen LogP contribution is -2.01. The van der Waals surface area contributed by atoms with E-state index in [9.17, 15) is 4.79 Å². The molecule has 1 heterocycles. The first-order valence-electron chi connectivity index (χ1n) is 5.82. The number of hydrogen-bond acceptors (Lipinski definition) is 1. The van der Waals surface area contributed by atoms with Crippen LogP contribution in [0.5, 0.6) is 0 Å². The van der Waals surface area contributed by atoms with Gasteiger partial charge in [0.1, 0.15) is 0 Å². The summed E-state index contributed by atoms with van der Waals surface area (Å²) in [7, 11) is 0. The Bertz CT molecular complexity index is 826. The van der Waals surface area contributed by atoms with Gasteiger partial charge >= 0.3 is 0 Å². The Morgan fingerprint density at radius 1 is 1.00 bits per heavy atom. The first-order valence-corrected chi connectivity index (χ1v) is 7.79. The molecule has 2 nitrogen and oxygen atoms in total. The van der Waals surface area contributed by atoms with E-state index in [2.05, 4.69) is 36.8 Å². The maximum atomic E-state index is 12.6. The fraction of sp³-hybridized carbons (Fsp3) is 0. The fourth-order valence-electron chi connectivity index (χ4n) is 2.10. The van der Waals surface area contributed by atoms with Gasteiger partial charge in [0.15, 0.2) is 5.78 Å². The van der Waals surface area contributed by atoms with Crippen molar-refractivity contribution >= 4 is 60.1 Å². The number of aromatic nitrogens is 1. The minimum atomic E-state index is -0.0909. The number of carbonyl (C=O) groups is 1. The van der Waals surface area contributed by atoms with Crippen LogP contribution in [0, 0.1) is 0 Å². The molecule has 3 aromatic rings. The number of carbonyl (C=O) groups excluding carboxylic acids is 1. The molecule has 0 saturated carbocycles. The Kier molecular flexibility index (Phi) is 3.71. The van der Waals surface area contributed by atoms with E-state index >= 15 is 0 Å². The minimum Gasteiger partial charge on any atom is -0.360 e. The zero-order valence-electron chi connectivity index (χ0n) is 10.1. The predicted octanol–water partition coefficient (Wildman–Crippen LogP) is 5.58. The molecule has 1 N–H and O–H groups in total. The number of benzene rings is 2. The van der Waals surface area contributed by atoms with Crippen molar-refractivity contribution in [1.82, 2.24) is 4.98 Å². The first-order chi connectivity index (χ1) is 9.56. The molecule has 0 unspecified atom stereocenters. The third-order valence-electron chi connectivity index (χ3n) is 3.06. The fourth-order valence-corrected chi connectivity index (χ4v) is 3.22. The maximum absolute atomic E-state index is 12.6. The molecule has 1 aromatic heterocycles. The zero-order chi connectivity index (χ0) is 14.3. The minimum absolute atomic E-state index is 0.0909. The largest absolute Gasteiger partial charge is 0.360 e. The highest BCUT2D eigenvalue weighted by molar-refractivity contribution is 9.10. The van der Waals surface area contributed by atoms with Gasteiger partial charge in [-0.25, -0.2) is 0 Å². The first kappa shape index (κ1) is 13.9. The summed E-state index contributed by atoms with van der Waals surface area (Å²) in [4.78, 5) is 15.7. The van der Waals surface area contributed by atoms with Crippen LogP contribution < -0.4 is 0 Å². The van der Waals surface area contributed by atoms with E-state index in [1.807, 2.05) is 24.3 Å². The second-order valence-corrected chi connectivity index (χ2v) is 6.58. The van der Waals surface area contributed by atoms with E-state index < -0.39 is 0 Å². The second-order valence-electron chi connectivity index (χ2n) is 4.35. The lowest BCUT2D eigenvalue weighted by atomic mass is 10.0. The van der Waals surface area contributed by atoms with Crippen LogP contribution in [0.3, 0.4) is 0 Å². The molecule has 0 aliphatic heterocycles. The van der Waals surface area contributed by atoms with Gasteiger partial charge < -0.3 is 4.98 Å². The summed E-state index contributed by atoms with van der Waals surface area (Å²) in [5.74, 6) is -0.0909. The van der Waals surface area contributed by atoms with Crippen LogP contribution in [0.4, 0.5) is 0 Å².